The van der Waals surface area contributed by atoms with Crippen LogP contribution >= 0.6 is 21.7 Å². The first-order valence-corrected chi connectivity index (χ1v) is 34.2. The molecule has 37 nitrogen and oxygen atoms in total. The quantitative estimate of drug-likeness (QED) is 0.0229. The topological polar surface area (TPSA) is 547 Å². The minimum Gasteiger partial charge on any atom is -0.494 e. The van der Waals surface area contributed by atoms with E-state index in [0.29, 0.717) is 18.0 Å². The maximum absolute atomic E-state index is 13.7. The summed E-state index contributed by atoms with van der Waals surface area (Å²) in [5.41, 5.74) is 0.654. The van der Waals surface area contributed by atoms with Crippen molar-refractivity contribution < 1.29 is 104 Å². The number of nitrogens with zero attached hydrogens (tertiary/aromatic N) is 6. The van der Waals surface area contributed by atoms with E-state index in [-0.39, 0.29) is 131 Å². The molecule has 0 bridgehead atoms. The Balaban J connectivity index is 1.09. The molecule has 2 aromatic heterocycles. The molecule has 4 aromatic rings. The summed E-state index contributed by atoms with van der Waals surface area (Å²) in [5, 5.41) is 53.3. The van der Waals surface area contributed by atoms with Gasteiger partial charge in [0, 0.05) is 129 Å². The van der Waals surface area contributed by atoms with Crippen LogP contribution in [0.3, 0.4) is 0 Å². The van der Waals surface area contributed by atoms with Gasteiger partial charge in [-0.1, -0.05) is 6.07 Å². The van der Waals surface area contributed by atoms with Gasteiger partial charge in [0.25, 0.3) is 5.91 Å². The lowest BCUT2D eigenvalue weighted by molar-refractivity contribution is -0.140. The molecule has 528 valence electrons. The van der Waals surface area contributed by atoms with E-state index in [1.54, 1.807) is 61.8 Å². The van der Waals surface area contributed by atoms with Gasteiger partial charge in [-0.2, -0.15) is 4.72 Å². The third kappa shape index (κ3) is 26.9. The summed E-state index contributed by atoms with van der Waals surface area (Å²) in [6.07, 6.45) is 4.06. The van der Waals surface area contributed by atoms with E-state index in [1.165, 1.54) is 32.2 Å². The first kappa shape index (κ1) is 77.6. The van der Waals surface area contributed by atoms with E-state index in [0.717, 1.165) is 5.56 Å². The number of hydrogen-bond donors (Lipinski definition) is 18. The van der Waals surface area contributed by atoms with Gasteiger partial charge in [-0.25, -0.2) is 13.4 Å². The molecular formula is C55H82N14O23S3. The number of H-pyrrole nitrogens is 1. The molecule has 1 aliphatic rings. The summed E-state index contributed by atoms with van der Waals surface area (Å²) >= 11 is 0. The van der Waals surface area contributed by atoms with Crippen molar-refractivity contribution in [2.45, 2.75) is 62.7 Å². The fraction of sp³-hybridized carbons (Fsp3) is 0.509. The van der Waals surface area contributed by atoms with Crippen LogP contribution in [0.25, 0.3) is 10.9 Å². The van der Waals surface area contributed by atoms with Gasteiger partial charge >= 0.3 is 23.9 Å². The van der Waals surface area contributed by atoms with Crippen molar-refractivity contribution in [3.8, 4) is 5.75 Å². The number of aromatic amines is 1. The molecule has 1 fully saturated rings. The molecular weight excluding hydrogens is 1320 g/mol. The average molecular weight is 1400 g/mol. The second-order valence-electron chi connectivity index (χ2n) is 22.2. The fourth-order valence-electron chi connectivity index (χ4n) is 9.96. The Morgan fingerprint density at radius 3 is 1.72 bits per heavy atom. The van der Waals surface area contributed by atoms with Crippen molar-refractivity contribution in [2.24, 2.45) is 7.05 Å². The lowest BCUT2D eigenvalue weighted by Crippen LogP contribution is -2.57. The number of imidazole rings is 1. The van der Waals surface area contributed by atoms with Gasteiger partial charge in [-0.3, -0.25) is 62.6 Å². The number of carbonyl (C=O) groups is 9. The highest BCUT2D eigenvalue weighted by atomic mass is 32.3. The zero-order valence-corrected chi connectivity index (χ0v) is 54.5. The third-order valence-corrected chi connectivity index (χ3v) is 17.8. The van der Waals surface area contributed by atoms with Gasteiger partial charge in [-0.15, -0.1) is 0 Å². The first-order valence-electron chi connectivity index (χ1n) is 29.3. The van der Waals surface area contributed by atoms with Gasteiger partial charge in [0.1, 0.15) is 29.4 Å². The van der Waals surface area contributed by atoms with Crippen LogP contribution in [0.4, 0.5) is 5.95 Å². The number of ether oxygens (including phenoxy) is 1. The predicted octanol–water partition coefficient (Wildman–Crippen LogP) is -1.67. The first-order chi connectivity index (χ1) is 44.6. The number of carboxylic acid groups (broad SMARTS) is 4. The van der Waals surface area contributed by atoms with Crippen molar-refractivity contribution in [1.82, 2.24) is 65.4 Å². The van der Waals surface area contributed by atoms with Crippen LogP contribution in [0, 0.1) is 13.8 Å². The Kier molecular flexibility index (Phi) is 29.5. The normalized spacial score (nSPS) is 15.6. The molecule has 0 spiro atoms. The predicted molar refractivity (Wildman–Crippen MR) is 344 cm³/mol. The van der Waals surface area contributed by atoms with Crippen LogP contribution in [-0.4, -0.2) is 278 Å². The summed E-state index contributed by atoms with van der Waals surface area (Å²) < 4.78 is 96.3. The van der Waals surface area contributed by atoms with Crippen molar-refractivity contribution in [3.63, 3.8) is 0 Å². The summed E-state index contributed by atoms with van der Waals surface area (Å²) in [4.78, 5) is 140. The molecule has 40 heteroatoms. The molecule has 5 rings (SSSR count). The lowest BCUT2D eigenvalue weighted by atomic mass is 10.1. The van der Waals surface area contributed by atoms with E-state index < -0.39 is 146 Å². The van der Waals surface area contributed by atoms with Gasteiger partial charge in [0.2, 0.25) is 39.1 Å². The molecule has 3 heterocycles. The van der Waals surface area contributed by atoms with E-state index in [1.807, 2.05) is 0 Å². The molecule has 2 aromatic carbocycles. The average Bonchev–Trinajstić information content (AvgIpc) is 0.891. The number of aryl methyl sites for hydroxylation is 3. The number of rotatable bonds is 35. The summed E-state index contributed by atoms with van der Waals surface area (Å²) in [7, 11) is -12.1. The largest absolute Gasteiger partial charge is 0.494 e. The zero-order chi connectivity index (χ0) is 70.4. The van der Waals surface area contributed by atoms with E-state index in [9.17, 15) is 104 Å². The van der Waals surface area contributed by atoms with Crippen LogP contribution in [0.1, 0.15) is 46.3 Å². The highest BCUT2D eigenvalue weighted by Crippen LogP contribution is 2.35. The second kappa shape index (κ2) is 36.1. The Bertz CT molecular complexity index is 3480. The van der Waals surface area contributed by atoms with Crippen LogP contribution < -0.4 is 46.8 Å². The maximum atomic E-state index is 13.7. The second-order valence-corrected chi connectivity index (χ2v) is 27.1. The Labute approximate surface area is 547 Å². The number of nitrogens with one attached hydrogen (secondary N) is 8. The monoisotopic (exact) mass is 1400 g/mol. The van der Waals surface area contributed by atoms with Gasteiger partial charge in [0.15, 0.2) is 5.95 Å². The molecule has 3 atom stereocenters. The molecule has 18 N–H and O–H groups in total. The number of carbonyl (C=O) groups excluding carboxylic acids is 5. The molecule has 0 radical (unpaired) electrons. The number of benzene rings is 2. The number of aliphatic carboxylic acids is 4. The van der Waals surface area contributed by atoms with E-state index in [2.05, 4.69) is 46.6 Å². The summed E-state index contributed by atoms with van der Waals surface area (Å²) in [5.74, 6) is -11.7. The van der Waals surface area contributed by atoms with Crippen LogP contribution in [-0.2, 0) is 62.0 Å². The molecule has 95 heavy (non-hydrogen) atoms. The molecule has 2 unspecified atom stereocenters. The molecule has 1 saturated heterocycles. The number of hydrogen-bond acceptors (Lipinski definition) is 25. The minimum absolute atomic E-state index is 0.0665. The van der Waals surface area contributed by atoms with Gasteiger partial charge in [0.05, 0.1) is 69.9 Å². The highest BCUT2D eigenvalue weighted by molar-refractivity contribution is 8.19. The van der Waals surface area contributed by atoms with Gasteiger partial charge < -0.3 is 98.8 Å². The molecule has 5 amide bonds. The van der Waals surface area contributed by atoms with Crippen molar-refractivity contribution in [2.75, 3.05) is 122 Å². The van der Waals surface area contributed by atoms with Crippen molar-refractivity contribution >= 4 is 102 Å². The van der Waals surface area contributed by atoms with Crippen LogP contribution in [0.15, 0.2) is 58.6 Å². The maximum Gasteiger partial charge on any atom is 0.323 e. The number of aromatic nitrogens is 3. The summed E-state index contributed by atoms with van der Waals surface area (Å²) in [6.45, 7) is 1.48. The minimum atomic E-state index is -4.58. The standard InChI is InChI=1S/C55H82N14O23S3/c1-34-23-37(24-35(2)50(34)95(90,91)64-40(54(82)83)27-60-51(79)39-28-65(3)43-25-36(6-7-38(43)49(39)78)26-61-55-58-11-12-59-55)92-22-4-5-44(70)56-9-10-57-52(80)41(32-93(84,85)86)63-53(81)42(33-94(87,88)89)62-45(71)8-13-66-14-16-67(29-46(72)73)18-20-69(31-48(76)77)21-19-68(17-15-66)30-47(74)75/h6-7,11-12,23-25,28,40-42,64,84-89H,4-5,8-10,13-22,26-27,29-33H2,1-3H3,(H,56,70)(H,57,80)(H,60,79)(H,62,71)(H,63,81)(H,72,73)(H,74,75)(H,76,77)(H,82,83)(H2,58,59,61)/t40-,41?,42?/m0/s1. The van der Waals surface area contributed by atoms with Crippen LogP contribution in [0.5, 0.6) is 5.75 Å². The SMILES string of the molecule is Cc1cc(OCCCC(=O)NCCNC(=O)C(CS(O)(O)O)NC(=O)C(CS(O)(O)O)NC(=O)CCN2CCN(CC(=O)O)CCN(CC(=O)O)CCN(CC(=O)O)CC2)cc(C)c1S(=O)(=O)N[C@@H](CNC(=O)c1cn(C)c2cc(CNc3ncc[nH]3)ccc2c1=O)C(=O)O. The summed E-state index contributed by atoms with van der Waals surface area (Å²) in [6, 6.07) is 1.88. The van der Waals surface area contributed by atoms with Crippen molar-refractivity contribution in [1.29, 1.82) is 0 Å². The van der Waals surface area contributed by atoms with Gasteiger partial charge in [-0.05, 0) is 61.2 Å². The number of anilines is 1. The molecule has 0 aliphatic carbocycles. The zero-order valence-electron chi connectivity index (χ0n) is 52.1. The molecule has 1 aliphatic heterocycles. The van der Waals surface area contributed by atoms with E-state index >= 15 is 0 Å². The number of fused-ring (bicyclic) bond motifs is 1. The number of amides is 5. The van der Waals surface area contributed by atoms with E-state index in [4.69, 9.17) is 4.74 Å². The Morgan fingerprint density at radius 2 is 1.20 bits per heavy atom. The highest BCUT2D eigenvalue weighted by Gasteiger charge is 2.35. The number of sulfonamides is 1. The fourth-order valence-corrected chi connectivity index (χ4v) is 13.0. The number of carboxylic acids is 4. The Hall–Kier alpha value is -8.10. The smallest absolute Gasteiger partial charge is 0.323 e. The molecule has 0 saturated carbocycles. The Morgan fingerprint density at radius 1 is 0.663 bits per heavy atom. The third-order valence-electron chi connectivity index (χ3n) is 14.5. The number of pyridine rings is 1. The van der Waals surface area contributed by atoms with Crippen molar-refractivity contribution in [3.05, 3.63) is 81.4 Å². The van der Waals surface area contributed by atoms with Crippen LogP contribution in [0.2, 0.25) is 0 Å². The lowest BCUT2D eigenvalue weighted by Gasteiger charge is -2.33.